The lowest BCUT2D eigenvalue weighted by molar-refractivity contribution is -0.0315. The highest BCUT2D eigenvalue weighted by atomic mass is 16.3. The standard InChI is InChI=1S/C13H25NO/c1-4-9-12(15)13(3,5-2)14-10-7-6-8-11-14/h4,12,15H,1,5-11H2,2-3H3. The summed E-state index contributed by atoms with van der Waals surface area (Å²) >= 11 is 0. The first-order valence-electron chi connectivity index (χ1n) is 6.19. The first-order valence-corrected chi connectivity index (χ1v) is 6.19. The molecule has 0 aromatic heterocycles. The average molecular weight is 211 g/mol. The quantitative estimate of drug-likeness (QED) is 0.707. The third-order valence-electron chi connectivity index (χ3n) is 3.90. The third kappa shape index (κ3) is 2.82. The molecular weight excluding hydrogens is 186 g/mol. The lowest BCUT2D eigenvalue weighted by Gasteiger charge is -2.46. The van der Waals surface area contributed by atoms with Crippen LogP contribution < -0.4 is 0 Å². The normalized spacial score (nSPS) is 24.5. The van der Waals surface area contributed by atoms with Crippen molar-refractivity contribution in [2.75, 3.05) is 13.1 Å². The Morgan fingerprint density at radius 2 is 2.00 bits per heavy atom. The largest absolute Gasteiger partial charge is 0.391 e. The van der Waals surface area contributed by atoms with Gasteiger partial charge in [0.15, 0.2) is 0 Å². The van der Waals surface area contributed by atoms with Gasteiger partial charge in [0.2, 0.25) is 0 Å². The van der Waals surface area contributed by atoms with E-state index in [1.54, 1.807) is 0 Å². The predicted octanol–water partition coefficient (Wildman–Crippen LogP) is 2.58. The van der Waals surface area contributed by atoms with Crippen LogP contribution in [0.1, 0.15) is 46.0 Å². The Labute approximate surface area is 94.0 Å². The molecule has 0 spiro atoms. The zero-order valence-electron chi connectivity index (χ0n) is 10.2. The van der Waals surface area contributed by atoms with Crippen molar-refractivity contribution in [3.63, 3.8) is 0 Å². The van der Waals surface area contributed by atoms with Crippen LogP contribution >= 0.6 is 0 Å². The number of piperidine rings is 1. The van der Waals surface area contributed by atoms with Gasteiger partial charge in [-0.3, -0.25) is 4.90 Å². The van der Waals surface area contributed by atoms with Gasteiger partial charge < -0.3 is 5.11 Å². The molecule has 0 aromatic carbocycles. The van der Waals surface area contributed by atoms with Gasteiger partial charge in [0.1, 0.15) is 0 Å². The van der Waals surface area contributed by atoms with Gasteiger partial charge in [-0.1, -0.05) is 19.4 Å². The van der Waals surface area contributed by atoms with Gasteiger partial charge in [0.05, 0.1) is 6.10 Å². The van der Waals surface area contributed by atoms with E-state index in [4.69, 9.17) is 0 Å². The molecule has 0 aromatic rings. The molecule has 1 heterocycles. The smallest absolute Gasteiger partial charge is 0.0755 e. The Hall–Kier alpha value is -0.340. The van der Waals surface area contributed by atoms with Crippen molar-refractivity contribution in [3.8, 4) is 0 Å². The minimum Gasteiger partial charge on any atom is -0.391 e. The van der Waals surface area contributed by atoms with Crippen LogP contribution in [0.5, 0.6) is 0 Å². The summed E-state index contributed by atoms with van der Waals surface area (Å²) in [4.78, 5) is 2.46. The van der Waals surface area contributed by atoms with Crippen LogP contribution in [0.4, 0.5) is 0 Å². The molecule has 88 valence electrons. The van der Waals surface area contributed by atoms with Gasteiger partial charge in [0, 0.05) is 5.54 Å². The van der Waals surface area contributed by atoms with E-state index in [9.17, 15) is 5.11 Å². The molecule has 0 saturated carbocycles. The molecule has 1 aliphatic heterocycles. The van der Waals surface area contributed by atoms with E-state index in [0.29, 0.717) is 6.42 Å². The molecule has 0 amide bonds. The second-order valence-electron chi connectivity index (χ2n) is 4.80. The number of rotatable bonds is 5. The zero-order valence-corrected chi connectivity index (χ0v) is 10.2. The fraction of sp³-hybridized carbons (Fsp3) is 0.846. The van der Waals surface area contributed by atoms with Crippen molar-refractivity contribution in [3.05, 3.63) is 12.7 Å². The topological polar surface area (TPSA) is 23.5 Å². The molecule has 1 N–H and O–H groups in total. The van der Waals surface area contributed by atoms with Gasteiger partial charge in [-0.2, -0.15) is 0 Å². The predicted molar refractivity (Wildman–Crippen MR) is 64.9 cm³/mol. The van der Waals surface area contributed by atoms with Gasteiger partial charge in [-0.25, -0.2) is 0 Å². The lowest BCUT2D eigenvalue weighted by Crippen LogP contribution is -2.55. The third-order valence-corrected chi connectivity index (χ3v) is 3.90. The second kappa shape index (κ2) is 5.66. The van der Waals surface area contributed by atoms with Crippen LogP contribution in [-0.4, -0.2) is 34.7 Å². The molecule has 2 nitrogen and oxygen atoms in total. The monoisotopic (exact) mass is 211 g/mol. The number of aliphatic hydroxyl groups is 1. The second-order valence-corrected chi connectivity index (χ2v) is 4.80. The van der Waals surface area contributed by atoms with E-state index in [2.05, 4.69) is 25.3 Å². The fourth-order valence-corrected chi connectivity index (χ4v) is 2.49. The number of aliphatic hydroxyl groups excluding tert-OH is 1. The van der Waals surface area contributed by atoms with Gasteiger partial charge in [-0.05, 0) is 45.7 Å². The summed E-state index contributed by atoms with van der Waals surface area (Å²) in [6, 6.07) is 0. The van der Waals surface area contributed by atoms with E-state index in [1.807, 2.05) is 6.08 Å². The Morgan fingerprint density at radius 3 is 2.47 bits per heavy atom. The van der Waals surface area contributed by atoms with Crippen molar-refractivity contribution in [2.45, 2.75) is 57.6 Å². The number of nitrogens with zero attached hydrogens (tertiary/aromatic N) is 1. The number of likely N-dealkylation sites (tertiary alicyclic amines) is 1. The minimum atomic E-state index is -0.280. The van der Waals surface area contributed by atoms with Crippen LogP contribution in [-0.2, 0) is 0 Å². The van der Waals surface area contributed by atoms with Gasteiger partial charge in [0.25, 0.3) is 0 Å². The minimum absolute atomic E-state index is 0.0609. The van der Waals surface area contributed by atoms with Crippen LogP contribution in [0.3, 0.4) is 0 Å². The fourth-order valence-electron chi connectivity index (χ4n) is 2.49. The summed E-state index contributed by atoms with van der Waals surface area (Å²) in [5, 5.41) is 10.2. The maximum Gasteiger partial charge on any atom is 0.0755 e. The number of hydrogen-bond acceptors (Lipinski definition) is 2. The molecule has 2 unspecified atom stereocenters. The summed E-state index contributed by atoms with van der Waals surface area (Å²) in [7, 11) is 0. The van der Waals surface area contributed by atoms with E-state index >= 15 is 0 Å². The molecule has 0 radical (unpaired) electrons. The molecule has 1 aliphatic rings. The molecule has 2 atom stereocenters. The molecule has 0 aliphatic carbocycles. The van der Waals surface area contributed by atoms with Gasteiger partial charge in [-0.15, -0.1) is 6.58 Å². The Morgan fingerprint density at radius 1 is 1.40 bits per heavy atom. The molecule has 1 rings (SSSR count). The maximum absolute atomic E-state index is 10.2. The molecule has 1 fully saturated rings. The van der Waals surface area contributed by atoms with Crippen LogP contribution in [0.2, 0.25) is 0 Å². The molecule has 1 saturated heterocycles. The van der Waals surface area contributed by atoms with Crippen LogP contribution in [0, 0.1) is 0 Å². The van der Waals surface area contributed by atoms with Crippen molar-refractivity contribution < 1.29 is 5.11 Å². The lowest BCUT2D eigenvalue weighted by atomic mass is 9.86. The van der Waals surface area contributed by atoms with Crippen molar-refractivity contribution in [1.82, 2.24) is 4.90 Å². The maximum atomic E-state index is 10.2. The average Bonchev–Trinajstić information content (AvgIpc) is 2.29. The molecular formula is C13H25NO. The summed E-state index contributed by atoms with van der Waals surface area (Å²) in [5.41, 5.74) is -0.0609. The summed E-state index contributed by atoms with van der Waals surface area (Å²) in [6.07, 6.45) is 7.13. The van der Waals surface area contributed by atoms with Crippen LogP contribution in [0.25, 0.3) is 0 Å². The number of hydrogen-bond donors (Lipinski definition) is 1. The summed E-state index contributed by atoms with van der Waals surface area (Å²) < 4.78 is 0. The Balaban J connectivity index is 2.67. The molecule has 15 heavy (non-hydrogen) atoms. The summed E-state index contributed by atoms with van der Waals surface area (Å²) in [6.45, 7) is 10.3. The molecule has 2 heteroatoms. The van der Waals surface area contributed by atoms with E-state index < -0.39 is 0 Å². The van der Waals surface area contributed by atoms with Crippen molar-refractivity contribution >= 4 is 0 Å². The first kappa shape index (κ1) is 12.7. The highest BCUT2D eigenvalue weighted by Gasteiger charge is 2.36. The molecule has 0 bridgehead atoms. The Kier molecular flexibility index (Phi) is 4.81. The van der Waals surface area contributed by atoms with Crippen molar-refractivity contribution in [1.29, 1.82) is 0 Å². The SMILES string of the molecule is C=CCC(O)C(C)(CC)N1CCCCC1. The van der Waals surface area contributed by atoms with E-state index in [0.717, 1.165) is 19.5 Å². The van der Waals surface area contributed by atoms with Crippen LogP contribution in [0.15, 0.2) is 12.7 Å². The zero-order chi connectivity index (χ0) is 11.3. The summed E-state index contributed by atoms with van der Waals surface area (Å²) in [5.74, 6) is 0. The van der Waals surface area contributed by atoms with Crippen molar-refractivity contribution in [2.24, 2.45) is 0 Å². The highest BCUT2D eigenvalue weighted by molar-refractivity contribution is 4.95. The van der Waals surface area contributed by atoms with E-state index in [1.165, 1.54) is 19.3 Å². The Bertz CT molecular complexity index is 199. The first-order chi connectivity index (χ1) is 7.15. The van der Waals surface area contributed by atoms with E-state index in [-0.39, 0.29) is 11.6 Å². The van der Waals surface area contributed by atoms with Gasteiger partial charge >= 0.3 is 0 Å². The highest BCUT2D eigenvalue weighted by Crippen LogP contribution is 2.28.